The molecule has 0 spiro atoms. The second-order valence-electron chi connectivity index (χ2n) is 2.85. The summed E-state index contributed by atoms with van der Waals surface area (Å²) in [7, 11) is 0. The molecule has 0 saturated heterocycles. The summed E-state index contributed by atoms with van der Waals surface area (Å²) in [5.41, 5.74) is 3.87. The van der Waals surface area contributed by atoms with E-state index in [1.165, 1.54) is 11.1 Å². The molecule has 2 bridgehead atoms. The van der Waals surface area contributed by atoms with Gasteiger partial charge in [0, 0.05) is 0 Å². The van der Waals surface area contributed by atoms with Gasteiger partial charge >= 0.3 is 0 Å². The Morgan fingerprint density at radius 3 is 2.82 bits per heavy atom. The molecule has 0 atom stereocenters. The molecule has 0 aromatic heterocycles. The largest absolute Gasteiger partial charge is 0.0915 e. The van der Waals surface area contributed by atoms with Gasteiger partial charge in [-0.15, -0.1) is 0 Å². The average Bonchev–Trinajstić information content (AvgIpc) is 2.44. The van der Waals surface area contributed by atoms with Crippen LogP contribution in [0.4, 0.5) is 0 Å². The highest BCUT2D eigenvalue weighted by Gasteiger charge is 2.07. The van der Waals surface area contributed by atoms with Gasteiger partial charge in [-0.1, -0.05) is 43.0 Å². The van der Waals surface area contributed by atoms with Crippen molar-refractivity contribution in [2.24, 2.45) is 0 Å². The molecule has 11 heavy (non-hydrogen) atoms. The Balaban J connectivity index is 2.42. The molecule has 0 unspecified atom stereocenters. The van der Waals surface area contributed by atoms with E-state index < -0.39 is 0 Å². The van der Waals surface area contributed by atoms with Crippen molar-refractivity contribution in [2.75, 3.05) is 0 Å². The summed E-state index contributed by atoms with van der Waals surface area (Å²) in [5, 5.41) is 0. The Hall–Kier alpha value is -1.30. The van der Waals surface area contributed by atoms with Gasteiger partial charge in [-0.3, -0.25) is 0 Å². The molecule has 2 rings (SSSR count). The Labute approximate surface area is 66.9 Å². The van der Waals surface area contributed by atoms with Crippen LogP contribution >= 0.6 is 0 Å². The van der Waals surface area contributed by atoms with Gasteiger partial charge in [0.05, 0.1) is 0 Å². The second kappa shape index (κ2) is 2.39. The summed E-state index contributed by atoms with van der Waals surface area (Å²) in [4.78, 5) is 0. The first-order valence-electron chi connectivity index (χ1n) is 3.80. The Bertz CT molecular complexity index is 303. The smallest absolute Gasteiger partial charge is 0.00200 e. The summed E-state index contributed by atoms with van der Waals surface area (Å²) in [6.45, 7) is 3.97. The fraction of sp³-hybridized carbons (Fsp3) is 0.0909. The number of fused-ring (bicyclic) bond motifs is 2. The highest BCUT2D eigenvalue weighted by atomic mass is 14.1. The van der Waals surface area contributed by atoms with E-state index in [2.05, 4.69) is 37.0 Å². The quantitative estimate of drug-likeness (QED) is 0.488. The van der Waals surface area contributed by atoms with Crippen molar-refractivity contribution in [3.8, 4) is 0 Å². The SMILES string of the molecule is C=C1C=CC=CC2=CC=C1C2. The fourth-order valence-corrected chi connectivity index (χ4v) is 1.34. The molecule has 0 fully saturated rings. The summed E-state index contributed by atoms with van der Waals surface area (Å²) in [5.74, 6) is 0. The van der Waals surface area contributed by atoms with Gasteiger partial charge in [-0.25, -0.2) is 0 Å². The van der Waals surface area contributed by atoms with Crippen LogP contribution in [0.15, 0.2) is 59.8 Å². The molecule has 0 nitrogen and oxygen atoms in total. The van der Waals surface area contributed by atoms with Gasteiger partial charge in [0.1, 0.15) is 0 Å². The third-order valence-corrected chi connectivity index (χ3v) is 2.02. The van der Waals surface area contributed by atoms with Crippen LogP contribution in [0.25, 0.3) is 0 Å². The molecule has 0 heteroatoms. The Morgan fingerprint density at radius 2 is 1.91 bits per heavy atom. The maximum atomic E-state index is 3.97. The first-order chi connectivity index (χ1) is 5.36. The molecule has 0 amide bonds. The van der Waals surface area contributed by atoms with Gasteiger partial charge in [-0.2, -0.15) is 0 Å². The van der Waals surface area contributed by atoms with Crippen molar-refractivity contribution in [3.05, 3.63) is 59.8 Å². The van der Waals surface area contributed by atoms with Crippen molar-refractivity contribution in [2.45, 2.75) is 6.42 Å². The van der Waals surface area contributed by atoms with E-state index in [1.54, 1.807) is 0 Å². The van der Waals surface area contributed by atoms with E-state index in [0.29, 0.717) is 0 Å². The zero-order valence-corrected chi connectivity index (χ0v) is 6.38. The average molecular weight is 142 g/mol. The van der Waals surface area contributed by atoms with Crippen LogP contribution in [-0.2, 0) is 0 Å². The van der Waals surface area contributed by atoms with E-state index >= 15 is 0 Å². The van der Waals surface area contributed by atoms with Crippen molar-refractivity contribution in [3.63, 3.8) is 0 Å². The predicted molar refractivity (Wildman–Crippen MR) is 48.2 cm³/mol. The number of rotatable bonds is 0. The first-order valence-corrected chi connectivity index (χ1v) is 3.80. The maximum Gasteiger partial charge on any atom is -0.00200 e. The van der Waals surface area contributed by atoms with E-state index in [4.69, 9.17) is 0 Å². The van der Waals surface area contributed by atoms with Gasteiger partial charge in [0.25, 0.3) is 0 Å². The summed E-state index contributed by atoms with van der Waals surface area (Å²) >= 11 is 0. The maximum absolute atomic E-state index is 3.97. The lowest BCUT2D eigenvalue weighted by Gasteiger charge is -2.03. The lowest BCUT2D eigenvalue weighted by atomic mass is 10.0. The molecule has 2 aliphatic rings. The molecule has 0 aliphatic heterocycles. The zero-order valence-electron chi connectivity index (χ0n) is 6.38. The molecule has 0 radical (unpaired) electrons. The normalized spacial score (nSPS) is 20.9. The molecule has 0 saturated carbocycles. The molecule has 54 valence electrons. The van der Waals surface area contributed by atoms with Crippen molar-refractivity contribution in [1.29, 1.82) is 0 Å². The third kappa shape index (κ3) is 1.12. The lowest BCUT2D eigenvalue weighted by molar-refractivity contribution is 1.22. The minimum Gasteiger partial charge on any atom is -0.0915 e. The van der Waals surface area contributed by atoms with E-state index in [1.807, 2.05) is 6.08 Å². The van der Waals surface area contributed by atoms with Crippen LogP contribution < -0.4 is 0 Å². The predicted octanol–water partition coefficient (Wildman–Crippen LogP) is 2.93. The molecule has 0 aromatic rings. The Kier molecular flexibility index (Phi) is 1.39. The third-order valence-electron chi connectivity index (χ3n) is 2.02. The van der Waals surface area contributed by atoms with Crippen molar-refractivity contribution in [1.82, 2.24) is 0 Å². The molecule has 0 heterocycles. The van der Waals surface area contributed by atoms with E-state index in [0.717, 1.165) is 12.0 Å². The minimum absolute atomic E-state index is 1.06. The molecule has 2 aliphatic carbocycles. The number of hydrogen-bond donors (Lipinski definition) is 0. The van der Waals surface area contributed by atoms with Crippen LogP contribution in [0.1, 0.15) is 6.42 Å². The van der Waals surface area contributed by atoms with Crippen LogP contribution in [0.5, 0.6) is 0 Å². The van der Waals surface area contributed by atoms with Crippen LogP contribution in [-0.4, -0.2) is 0 Å². The first kappa shape index (κ1) is 6.41. The highest BCUT2D eigenvalue weighted by Crippen LogP contribution is 2.27. The van der Waals surface area contributed by atoms with Crippen molar-refractivity contribution >= 4 is 0 Å². The summed E-state index contributed by atoms with van der Waals surface area (Å²) in [6.07, 6.45) is 13.7. The van der Waals surface area contributed by atoms with Gasteiger partial charge < -0.3 is 0 Å². The standard InChI is InChI=1S/C11H10/c1-9-4-2-3-5-10-6-7-11(9)8-10/h2-7H,1,8H2. The van der Waals surface area contributed by atoms with E-state index in [9.17, 15) is 0 Å². The van der Waals surface area contributed by atoms with Crippen LogP contribution in [0.2, 0.25) is 0 Å². The summed E-state index contributed by atoms with van der Waals surface area (Å²) in [6, 6.07) is 0. The topological polar surface area (TPSA) is 0 Å². The van der Waals surface area contributed by atoms with Crippen LogP contribution in [0.3, 0.4) is 0 Å². The number of hydrogen-bond acceptors (Lipinski definition) is 0. The van der Waals surface area contributed by atoms with Gasteiger partial charge in [0.2, 0.25) is 0 Å². The van der Waals surface area contributed by atoms with Crippen molar-refractivity contribution < 1.29 is 0 Å². The van der Waals surface area contributed by atoms with Gasteiger partial charge in [-0.05, 0) is 23.1 Å². The fourth-order valence-electron chi connectivity index (χ4n) is 1.34. The number of allylic oxidation sites excluding steroid dienone is 9. The monoisotopic (exact) mass is 142 g/mol. The summed E-state index contributed by atoms with van der Waals surface area (Å²) < 4.78 is 0. The second-order valence-corrected chi connectivity index (χ2v) is 2.85. The molecule has 0 aromatic carbocycles. The van der Waals surface area contributed by atoms with E-state index in [-0.39, 0.29) is 0 Å². The highest BCUT2D eigenvalue weighted by molar-refractivity contribution is 5.51. The zero-order chi connectivity index (χ0) is 7.68. The lowest BCUT2D eigenvalue weighted by Crippen LogP contribution is -1.84. The minimum atomic E-state index is 1.06. The van der Waals surface area contributed by atoms with Crippen LogP contribution in [0, 0.1) is 0 Å². The molecule has 0 N–H and O–H groups in total. The molecular formula is C11H10. The van der Waals surface area contributed by atoms with Gasteiger partial charge in [0.15, 0.2) is 0 Å². The molecular weight excluding hydrogens is 132 g/mol. The Morgan fingerprint density at radius 1 is 1.09 bits per heavy atom.